The number of ether oxygens (including phenoxy) is 1. The topological polar surface area (TPSA) is 114 Å². The van der Waals surface area contributed by atoms with Gasteiger partial charge in [-0.05, 0) is 83.1 Å². The average Bonchev–Trinajstić information content (AvgIpc) is 3.58. The molecule has 0 saturated heterocycles. The predicted octanol–water partition coefficient (Wildman–Crippen LogP) is 23.2. The third-order valence-electron chi connectivity index (χ3n) is 17.0. The number of hydrogen-bond donors (Lipinski definition) is 1. The van der Waals surface area contributed by atoms with Gasteiger partial charge in [0, 0.05) is 12.8 Å². The Bertz CT molecular complexity index is 1550. The van der Waals surface area contributed by atoms with Crippen LogP contribution in [-0.2, 0) is 27.9 Å². The molecule has 0 bridgehead atoms. The van der Waals surface area contributed by atoms with Crippen molar-refractivity contribution in [1.29, 1.82) is 0 Å². The van der Waals surface area contributed by atoms with Gasteiger partial charge in [0.25, 0.3) is 7.82 Å². The highest BCUT2D eigenvalue weighted by molar-refractivity contribution is 7.45. The van der Waals surface area contributed by atoms with Crippen molar-refractivity contribution in [1.82, 2.24) is 5.32 Å². The fraction of sp³-hybridized carbons (Fsp3) is 0.893. The number of phosphoric ester groups is 1. The van der Waals surface area contributed by atoms with Gasteiger partial charge in [-0.15, -0.1) is 0 Å². The van der Waals surface area contributed by atoms with Gasteiger partial charge in [-0.3, -0.25) is 14.2 Å². The van der Waals surface area contributed by atoms with E-state index < -0.39 is 20.0 Å². The molecule has 3 atom stereocenters. The number of rotatable bonds is 69. The van der Waals surface area contributed by atoms with Gasteiger partial charge in [-0.25, -0.2) is 0 Å². The van der Waals surface area contributed by atoms with Crippen LogP contribution in [0.3, 0.4) is 0 Å². The van der Waals surface area contributed by atoms with Crippen LogP contribution >= 0.6 is 7.82 Å². The summed E-state index contributed by atoms with van der Waals surface area (Å²) in [5.74, 6) is -0.521. The molecule has 0 spiro atoms. The van der Waals surface area contributed by atoms with E-state index in [-0.39, 0.29) is 31.5 Å². The molecule has 3 unspecified atom stereocenters. The number of amides is 1. The number of allylic oxidation sites excluding steroid dienone is 5. The Kier molecular flexibility index (Phi) is 63.8. The molecule has 9 nitrogen and oxygen atoms in total. The molecule has 85 heavy (non-hydrogen) atoms. The maximum atomic E-state index is 13.6. The molecule has 0 fully saturated rings. The summed E-state index contributed by atoms with van der Waals surface area (Å²) in [4.78, 5) is 40.2. The van der Waals surface area contributed by atoms with Crippen LogP contribution in [0, 0.1) is 0 Å². The smallest absolute Gasteiger partial charge is 0.306 e. The zero-order valence-electron chi connectivity index (χ0n) is 57.6. The van der Waals surface area contributed by atoms with Crippen LogP contribution in [-0.4, -0.2) is 69.4 Å². The molecule has 1 N–H and O–H groups in total. The van der Waals surface area contributed by atoms with Crippen molar-refractivity contribution in [2.75, 3.05) is 40.9 Å². The van der Waals surface area contributed by atoms with Crippen LogP contribution in [0.1, 0.15) is 380 Å². The van der Waals surface area contributed by atoms with Crippen molar-refractivity contribution in [2.45, 2.75) is 392 Å². The Morgan fingerprint density at radius 2 is 0.682 bits per heavy atom. The van der Waals surface area contributed by atoms with Crippen molar-refractivity contribution >= 4 is 19.7 Å². The first-order chi connectivity index (χ1) is 41.4. The zero-order chi connectivity index (χ0) is 62.1. The summed E-state index contributed by atoms with van der Waals surface area (Å²) in [5, 5.41) is 3.05. The first kappa shape index (κ1) is 83.2. The normalized spacial score (nSPS) is 13.6. The minimum atomic E-state index is -4.70. The molecule has 502 valence electrons. The molecule has 10 heteroatoms. The number of esters is 1. The third kappa shape index (κ3) is 66.5. The Labute approximate surface area is 529 Å². The summed E-state index contributed by atoms with van der Waals surface area (Å²) in [7, 11) is 1.20. The van der Waals surface area contributed by atoms with Crippen molar-refractivity contribution in [3.8, 4) is 0 Å². The number of unbranched alkanes of at least 4 members (excludes halogenated alkanes) is 49. The minimum absolute atomic E-state index is 0.0194. The van der Waals surface area contributed by atoms with Gasteiger partial charge in [-0.1, -0.05) is 321 Å². The second-order valence-corrected chi connectivity index (χ2v) is 28.2. The van der Waals surface area contributed by atoms with Crippen LogP contribution in [0.25, 0.3) is 0 Å². The Balaban J connectivity index is 4.94. The van der Waals surface area contributed by atoms with E-state index in [9.17, 15) is 19.0 Å². The Morgan fingerprint density at radius 1 is 0.400 bits per heavy atom. The van der Waals surface area contributed by atoms with E-state index in [4.69, 9.17) is 13.8 Å². The molecule has 0 heterocycles. The van der Waals surface area contributed by atoms with Crippen LogP contribution < -0.4 is 10.2 Å². The molecule has 0 aliphatic carbocycles. The Morgan fingerprint density at radius 3 is 1.00 bits per heavy atom. The minimum Gasteiger partial charge on any atom is -0.756 e. The van der Waals surface area contributed by atoms with Gasteiger partial charge in [0.05, 0.1) is 33.8 Å². The number of phosphoric acid groups is 1. The molecule has 0 saturated carbocycles. The van der Waals surface area contributed by atoms with E-state index in [2.05, 4.69) is 50.4 Å². The number of nitrogens with zero attached hydrogens (tertiary/aromatic N) is 1. The molecule has 0 aromatic rings. The van der Waals surface area contributed by atoms with Gasteiger partial charge in [0.15, 0.2) is 0 Å². The van der Waals surface area contributed by atoms with E-state index in [1.807, 2.05) is 33.3 Å². The molecule has 1 amide bonds. The lowest BCUT2D eigenvalue weighted by atomic mass is 10.0. The second kappa shape index (κ2) is 65.2. The summed E-state index contributed by atoms with van der Waals surface area (Å²) >= 11 is 0. The number of hydrogen-bond acceptors (Lipinski definition) is 7. The van der Waals surface area contributed by atoms with Gasteiger partial charge in [0.1, 0.15) is 19.3 Å². The van der Waals surface area contributed by atoms with Crippen molar-refractivity contribution in [3.63, 3.8) is 0 Å². The highest BCUT2D eigenvalue weighted by atomic mass is 31.2. The van der Waals surface area contributed by atoms with E-state index in [0.29, 0.717) is 17.4 Å². The average molecular weight is 1220 g/mol. The lowest BCUT2D eigenvalue weighted by Gasteiger charge is -2.30. The Hall–Kier alpha value is -1.77. The fourth-order valence-electron chi connectivity index (χ4n) is 11.3. The molecule has 0 aromatic heterocycles. The molecule has 0 aromatic carbocycles. The highest BCUT2D eigenvalue weighted by Gasteiger charge is 2.27. The largest absolute Gasteiger partial charge is 0.756 e. The molecular weight excluding hydrogens is 1070 g/mol. The van der Waals surface area contributed by atoms with E-state index >= 15 is 0 Å². The molecule has 0 aliphatic heterocycles. The van der Waals surface area contributed by atoms with Crippen molar-refractivity contribution < 1.29 is 37.3 Å². The van der Waals surface area contributed by atoms with Crippen LogP contribution in [0.15, 0.2) is 36.5 Å². The van der Waals surface area contributed by atoms with Gasteiger partial charge in [0.2, 0.25) is 5.91 Å². The molecular formula is C75H145N2O7P. The van der Waals surface area contributed by atoms with Gasteiger partial charge >= 0.3 is 5.97 Å². The monoisotopic (exact) mass is 1220 g/mol. The molecule has 0 aliphatic rings. The van der Waals surface area contributed by atoms with E-state index in [1.165, 1.54) is 289 Å². The lowest BCUT2D eigenvalue weighted by molar-refractivity contribution is -0.870. The van der Waals surface area contributed by atoms with Crippen LogP contribution in [0.4, 0.5) is 0 Å². The molecule has 0 rings (SSSR count). The number of quaternary nitrogens is 1. The fourth-order valence-corrected chi connectivity index (χ4v) is 12.0. The summed E-state index contributed by atoms with van der Waals surface area (Å²) in [6, 6.07) is -0.885. The van der Waals surface area contributed by atoms with Crippen molar-refractivity contribution in [3.05, 3.63) is 36.5 Å². The van der Waals surface area contributed by atoms with E-state index in [1.54, 1.807) is 0 Å². The first-order valence-electron chi connectivity index (χ1n) is 37.3. The number of carbonyl (C=O) groups is 2. The number of likely N-dealkylation sites (N-methyl/N-ethyl adjacent to an activating group) is 1. The van der Waals surface area contributed by atoms with Gasteiger partial charge in [-0.2, -0.15) is 0 Å². The first-order valence-corrected chi connectivity index (χ1v) is 38.8. The SMILES string of the molecule is CCCCCCCC/C=C/CCCCCCCCCCCCCCCCCC(=O)OC(/C=C/CCCCCCCCCCC)C(COP(=O)([O-])OCC[N+](C)(C)C)NC(=O)CCCCCCCCCCCCCCC/C=C/CCCCCCCC. The van der Waals surface area contributed by atoms with Crippen LogP contribution in [0.5, 0.6) is 0 Å². The second-order valence-electron chi connectivity index (χ2n) is 26.8. The highest BCUT2D eigenvalue weighted by Crippen LogP contribution is 2.38. The van der Waals surface area contributed by atoms with Gasteiger partial charge < -0.3 is 28.5 Å². The lowest BCUT2D eigenvalue weighted by Crippen LogP contribution is -2.47. The summed E-state index contributed by atoms with van der Waals surface area (Å²) in [5.41, 5.74) is 0. The quantitative estimate of drug-likeness (QED) is 0.0212. The summed E-state index contributed by atoms with van der Waals surface area (Å²) in [6.07, 6.45) is 81.4. The summed E-state index contributed by atoms with van der Waals surface area (Å²) in [6.45, 7) is 6.89. The zero-order valence-corrected chi connectivity index (χ0v) is 58.5. The van der Waals surface area contributed by atoms with Crippen molar-refractivity contribution in [2.24, 2.45) is 0 Å². The number of carbonyl (C=O) groups excluding carboxylic acids is 2. The maximum Gasteiger partial charge on any atom is 0.306 e. The molecule has 0 radical (unpaired) electrons. The van der Waals surface area contributed by atoms with E-state index in [0.717, 1.165) is 57.8 Å². The summed E-state index contributed by atoms with van der Waals surface area (Å²) < 4.78 is 30.5. The maximum absolute atomic E-state index is 13.6. The third-order valence-corrected chi connectivity index (χ3v) is 18.0. The standard InChI is InChI=1S/C75H145N2O7P/c1-7-10-13-16-19-22-25-27-29-31-33-35-37-38-40-42-44-46-48-50-53-56-59-62-65-68-75(79)84-73(66-63-60-57-54-51-24-21-18-15-12-9-3)72(71-83-85(80,81)82-70-69-77(4,5)6)76-74(78)67-64-61-58-55-52-49-47-45-43-41-39-36-34-32-30-28-26-23-20-17-14-11-8-2/h27-30,63,66,72-73H,7-26,31-62,64-65,67-71H2,1-6H3,(H-,76,78,80,81)/b29-27+,30-28+,66-63+. The number of nitrogens with one attached hydrogen (secondary N) is 1. The van der Waals surface area contributed by atoms with Crippen LogP contribution in [0.2, 0.25) is 0 Å². The predicted molar refractivity (Wildman–Crippen MR) is 367 cm³/mol.